The SMILES string of the molecule is COC(=O)Cc1ccc2c(c1)CC(=O)N2C. The Labute approximate surface area is 93.8 Å². The van der Waals surface area contributed by atoms with Gasteiger partial charge >= 0.3 is 5.97 Å². The third-order valence-electron chi connectivity index (χ3n) is 2.80. The number of fused-ring (bicyclic) bond motifs is 1. The second kappa shape index (κ2) is 3.96. The minimum atomic E-state index is -0.266. The summed E-state index contributed by atoms with van der Waals surface area (Å²) in [5, 5.41) is 0. The van der Waals surface area contributed by atoms with Gasteiger partial charge in [-0.3, -0.25) is 9.59 Å². The molecule has 0 saturated heterocycles. The largest absolute Gasteiger partial charge is 0.469 e. The zero-order valence-corrected chi connectivity index (χ0v) is 9.32. The summed E-state index contributed by atoms with van der Waals surface area (Å²) in [6.07, 6.45) is 0.669. The highest BCUT2D eigenvalue weighted by Crippen LogP contribution is 2.28. The molecule has 0 atom stereocenters. The molecule has 1 aliphatic heterocycles. The molecule has 0 N–H and O–H groups in total. The highest BCUT2D eigenvalue weighted by Gasteiger charge is 2.23. The van der Waals surface area contributed by atoms with E-state index in [0.29, 0.717) is 6.42 Å². The molecule has 16 heavy (non-hydrogen) atoms. The van der Waals surface area contributed by atoms with Crippen molar-refractivity contribution < 1.29 is 14.3 Å². The van der Waals surface area contributed by atoms with E-state index in [0.717, 1.165) is 16.8 Å². The molecule has 1 aromatic rings. The van der Waals surface area contributed by atoms with Crippen molar-refractivity contribution in [2.24, 2.45) is 0 Å². The van der Waals surface area contributed by atoms with E-state index in [1.165, 1.54) is 7.11 Å². The number of esters is 1. The Hall–Kier alpha value is -1.84. The fraction of sp³-hybridized carbons (Fsp3) is 0.333. The molecular weight excluding hydrogens is 206 g/mol. The predicted octanol–water partition coefficient (Wildman–Crippen LogP) is 0.921. The van der Waals surface area contributed by atoms with Crippen LogP contribution in [0.4, 0.5) is 5.69 Å². The van der Waals surface area contributed by atoms with Crippen LogP contribution in [0.15, 0.2) is 18.2 Å². The number of anilines is 1. The number of rotatable bonds is 2. The summed E-state index contributed by atoms with van der Waals surface area (Å²) < 4.78 is 4.60. The highest BCUT2D eigenvalue weighted by atomic mass is 16.5. The van der Waals surface area contributed by atoms with Gasteiger partial charge in [-0.15, -0.1) is 0 Å². The summed E-state index contributed by atoms with van der Waals surface area (Å²) in [7, 11) is 3.13. The van der Waals surface area contributed by atoms with Gasteiger partial charge in [-0.05, 0) is 17.2 Å². The number of nitrogens with zero attached hydrogens (tertiary/aromatic N) is 1. The van der Waals surface area contributed by atoms with E-state index in [4.69, 9.17) is 0 Å². The molecule has 0 saturated carbocycles. The number of likely N-dealkylation sites (N-methyl/N-ethyl adjacent to an activating group) is 1. The maximum Gasteiger partial charge on any atom is 0.309 e. The van der Waals surface area contributed by atoms with E-state index in [9.17, 15) is 9.59 Å². The van der Waals surface area contributed by atoms with Crippen LogP contribution < -0.4 is 4.90 Å². The van der Waals surface area contributed by atoms with Crippen molar-refractivity contribution in [3.05, 3.63) is 29.3 Å². The lowest BCUT2D eigenvalue weighted by Gasteiger charge is -2.10. The first-order chi connectivity index (χ1) is 7.61. The lowest BCUT2D eigenvalue weighted by Crippen LogP contribution is -2.20. The Balaban J connectivity index is 2.25. The van der Waals surface area contributed by atoms with Gasteiger partial charge in [0.05, 0.1) is 20.0 Å². The van der Waals surface area contributed by atoms with Crippen molar-refractivity contribution in [1.82, 2.24) is 0 Å². The Morgan fingerprint density at radius 3 is 2.94 bits per heavy atom. The van der Waals surface area contributed by atoms with Gasteiger partial charge in [0.25, 0.3) is 0 Å². The van der Waals surface area contributed by atoms with Gasteiger partial charge in [0.1, 0.15) is 0 Å². The Bertz CT molecular complexity index is 454. The number of hydrogen-bond donors (Lipinski definition) is 0. The quantitative estimate of drug-likeness (QED) is 0.695. The summed E-state index contributed by atoms with van der Waals surface area (Å²) >= 11 is 0. The summed E-state index contributed by atoms with van der Waals surface area (Å²) in [4.78, 5) is 24.2. The number of carbonyl (C=O) groups excluding carboxylic acids is 2. The van der Waals surface area contributed by atoms with Crippen LogP contribution >= 0.6 is 0 Å². The van der Waals surface area contributed by atoms with Crippen LogP contribution in [0.2, 0.25) is 0 Å². The standard InChI is InChI=1S/C12H13NO3/c1-13-10-4-3-8(6-12(15)16-2)5-9(10)7-11(13)14/h3-5H,6-7H2,1-2H3. The first-order valence-electron chi connectivity index (χ1n) is 5.07. The normalized spacial score (nSPS) is 13.9. The molecule has 0 fully saturated rings. The molecule has 1 aliphatic rings. The number of hydrogen-bond acceptors (Lipinski definition) is 3. The van der Waals surface area contributed by atoms with Gasteiger partial charge in [-0.1, -0.05) is 12.1 Å². The topological polar surface area (TPSA) is 46.6 Å². The average Bonchev–Trinajstić information content (AvgIpc) is 2.54. The first-order valence-corrected chi connectivity index (χ1v) is 5.07. The van der Waals surface area contributed by atoms with E-state index >= 15 is 0 Å². The van der Waals surface area contributed by atoms with Gasteiger partial charge in [0, 0.05) is 12.7 Å². The molecule has 0 radical (unpaired) electrons. The van der Waals surface area contributed by atoms with Crippen LogP contribution in [-0.4, -0.2) is 26.0 Å². The third kappa shape index (κ3) is 1.78. The van der Waals surface area contributed by atoms with Gasteiger partial charge in [0.15, 0.2) is 0 Å². The Kier molecular flexibility index (Phi) is 2.64. The summed E-state index contributed by atoms with van der Waals surface area (Å²) in [5.74, 6) is -0.178. The maximum absolute atomic E-state index is 11.5. The molecule has 1 heterocycles. The zero-order valence-electron chi connectivity index (χ0n) is 9.32. The summed E-state index contributed by atoms with van der Waals surface area (Å²) in [6, 6.07) is 5.62. The fourth-order valence-corrected chi connectivity index (χ4v) is 1.87. The molecule has 1 amide bonds. The minimum Gasteiger partial charge on any atom is -0.469 e. The van der Waals surface area contributed by atoms with Gasteiger partial charge in [0.2, 0.25) is 5.91 Å². The molecule has 0 aromatic heterocycles. The Morgan fingerprint density at radius 2 is 2.25 bits per heavy atom. The van der Waals surface area contributed by atoms with Crippen molar-refractivity contribution in [1.29, 1.82) is 0 Å². The molecule has 84 valence electrons. The highest BCUT2D eigenvalue weighted by molar-refractivity contribution is 6.01. The van der Waals surface area contributed by atoms with Crippen molar-refractivity contribution in [2.75, 3.05) is 19.1 Å². The maximum atomic E-state index is 11.5. The number of amides is 1. The number of methoxy groups -OCH3 is 1. The van der Waals surface area contributed by atoms with Crippen molar-refractivity contribution in [2.45, 2.75) is 12.8 Å². The monoisotopic (exact) mass is 219 g/mol. The van der Waals surface area contributed by atoms with Crippen LogP contribution in [0, 0.1) is 0 Å². The second-order valence-electron chi connectivity index (χ2n) is 3.85. The van der Waals surface area contributed by atoms with Crippen molar-refractivity contribution in [3.8, 4) is 0 Å². The molecule has 4 heteroatoms. The number of ether oxygens (including phenoxy) is 1. The van der Waals surface area contributed by atoms with Crippen molar-refractivity contribution in [3.63, 3.8) is 0 Å². The van der Waals surface area contributed by atoms with E-state index in [2.05, 4.69) is 4.74 Å². The van der Waals surface area contributed by atoms with Crippen LogP contribution in [-0.2, 0) is 27.2 Å². The molecule has 1 aromatic carbocycles. The summed E-state index contributed by atoms with van der Waals surface area (Å²) in [6.45, 7) is 0. The average molecular weight is 219 g/mol. The number of benzene rings is 1. The second-order valence-corrected chi connectivity index (χ2v) is 3.85. The molecular formula is C12H13NO3. The molecule has 0 unspecified atom stereocenters. The van der Waals surface area contributed by atoms with Crippen LogP contribution in [0.25, 0.3) is 0 Å². The third-order valence-corrected chi connectivity index (χ3v) is 2.80. The van der Waals surface area contributed by atoms with Crippen LogP contribution in [0.3, 0.4) is 0 Å². The molecule has 2 rings (SSSR count). The van der Waals surface area contributed by atoms with Gasteiger partial charge in [-0.2, -0.15) is 0 Å². The predicted molar refractivity (Wildman–Crippen MR) is 59.3 cm³/mol. The molecule has 0 bridgehead atoms. The first kappa shape index (κ1) is 10.7. The van der Waals surface area contributed by atoms with E-state index in [1.807, 2.05) is 18.2 Å². The van der Waals surface area contributed by atoms with E-state index < -0.39 is 0 Å². The minimum absolute atomic E-state index is 0.0882. The smallest absolute Gasteiger partial charge is 0.309 e. The molecule has 4 nitrogen and oxygen atoms in total. The van der Waals surface area contributed by atoms with Crippen LogP contribution in [0.5, 0.6) is 0 Å². The number of carbonyl (C=O) groups is 2. The lowest BCUT2D eigenvalue weighted by molar-refractivity contribution is -0.139. The zero-order chi connectivity index (χ0) is 11.7. The van der Waals surface area contributed by atoms with Crippen molar-refractivity contribution >= 4 is 17.6 Å². The van der Waals surface area contributed by atoms with E-state index in [1.54, 1.807) is 11.9 Å². The fourth-order valence-electron chi connectivity index (χ4n) is 1.87. The van der Waals surface area contributed by atoms with Gasteiger partial charge < -0.3 is 9.64 Å². The van der Waals surface area contributed by atoms with Crippen LogP contribution in [0.1, 0.15) is 11.1 Å². The lowest BCUT2D eigenvalue weighted by atomic mass is 10.1. The molecule has 0 aliphatic carbocycles. The van der Waals surface area contributed by atoms with E-state index in [-0.39, 0.29) is 18.3 Å². The Morgan fingerprint density at radius 1 is 1.50 bits per heavy atom. The molecule has 0 spiro atoms. The van der Waals surface area contributed by atoms with Gasteiger partial charge in [-0.25, -0.2) is 0 Å². The summed E-state index contributed by atoms with van der Waals surface area (Å²) in [5.41, 5.74) is 2.79.